The molecule has 0 radical (unpaired) electrons. The summed E-state index contributed by atoms with van der Waals surface area (Å²) in [5.41, 5.74) is 5.72. The molecule has 5 aromatic rings. The van der Waals surface area contributed by atoms with Crippen molar-refractivity contribution in [3.63, 3.8) is 0 Å². The maximum Gasteiger partial charge on any atom is 0.224 e. The molecule has 0 aliphatic carbocycles. The number of aromatic nitrogens is 6. The second kappa shape index (κ2) is 7.98. The van der Waals surface area contributed by atoms with Gasteiger partial charge in [-0.25, -0.2) is 9.97 Å². The van der Waals surface area contributed by atoms with Crippen LogP contribution in [0.1, 0.15) is 26.2 Å². The minimum absolute atomic E-state index is 0.00636. The number of hydrogen-bond acceptors (Lipinski definition) is 5. The van der Waals surface area contributed by atoms with Crippen molar-refractivity contribution in [1.29, 1.82) is 0 Å². The number of anilines is 1. The van der Waals surface area contributed by atoms with Crippen molar-refractivity contribution in [2.45, 2.75) is 26.2 Å². The first kappa shape index (κ1) is 18.9. The molecule has 0 aliphatic heterocycles. The van der Waals surface area contributed by atoms with Crippen molar-refractivity contribution >= 4 is 33.7 Å². The van der Waals surface area contributed by atoms with Gasteiger partial charge in [0.1, 0.15) is 5.69 Å². The summed E-state index contributed by atoms with van der Waals surface area (Å²) < 4.78 is 0. The first-order valence-electron chi connectivity index (χ1n) is 10.3. The van der Waals surface area contributed by atoms with Crippen LogP contribution < -0.4 is 5.32 Å². The van der Waals surface area contributed by atoms with Crippen LogP contribution in [-0.2, 0) is 4.79 Å². The zero-order valence-electron chi connectivity index (χ0n) is 17.0. The summed E-state index contributed by atoms with van der Waals surface area (Å²) in [6.07, 6.45) is 7.53. The van der Waals surface area contributed by atoms with Crippen LogP contribution in [0.3, 0.4) is 0 Å². The molecule has 4 aromatic heterocycles. The highest BCUT2D eigenvalue weighted by Crippen LogP contribution is 2.30. The van der Waals surface area contributed by atoms with Gasteiger partial charge in [0.2, 0.25) is 5.91 Å². The zero-order chi connectivity index (χ0) is 21.2. The summed E-state index contributed by atoms with van der Waals surface area (Å²) in [6, 6.07) is 11.8. The Bertz CT molecular complexity index is 1350. The van der Waals surface area contributed by atoms with E-state index in [4.69, 9.17) is 0 Å². The molecule has 154 valence electrons. The van der Waals surface area contributed by atoms with Crippen LogP contribution in [0.25, 0.3) is 44.7 Å². The van der Waals surface area contributed by atoms with E-state index in [0.29, 0.717) is 23.6 Å². The lowest BCUT2D eigenvalue weighted by Gasteiger charge is -2.07. The Balaban J connectivity index is 1.49. The molecule has 4 heterocycles. The highest BCUT2D eigenvalue weighted by molar-refractivity contribution is 5.96. The van der Waals surface area contributed by atoms with Gasteiger partial charge in [-0.1, -0.05) is 19.4 Å². The molecule has 0 unspecified atom stereocenters. The van der Waals surface area contributed by atoms with Gasteiger partial charge in [-0.15, -0.1) is 0 Å². The predicted molar refractivity (Wildman–Crippen MR) is 120 cm³/mol. The number of H-pyrrole nitrogens is 2. The fraction of sp³-hybridized carbons (Fsp3) is 0.174. The minimum atomic E-state index is 0.00636. The number of rotatable bonds is 6. The number of unbranched alkanes of at least 4 members (excludes halogenated alkanes) is 1. The van der Waals surface area contributed by atoms with Crippen LogP contribution in [0.5, 0.6) is 0 Å². The monoisotopic (exact) mass is 411 g/mol. The number of carbonyl (C=O) groups excluding carboxylic acids is 1. The zero-order valence-corrected chi connectivity index (χ0v) is 17.0. The summed E-state index contributed by atoms with van der Waals surface area (Å²) in [4.78, 5) is 28.5. The van der Waals surface area contributed by atoms with Crippen molar-refractivity contribution in [1.82, 2.24) is 30.1 Å². The molecule has 8 nitrogen and oxygen atoms in total. The van der Waals surface area contributed by atoms with Crippen molar-refractivity contribution in [2.75, 3.05) is 5.32 Å². The molecule has 3 N–H and O–H groups in total. The molecule has 1 amide bonds. The van der Waals surface area contributed by atoms with Crippen molar-refractivity contribution in [3.05, 3.63) is 55.0 Å². The quantitative estimate of drug-likeness (QED) is 0.375. The van der Waals surface area contributed by atoms with Gasteiger partial charge in [-0.2, -0.15) is 5.10 Å². The average molecular weight is 411 g/mol. The van der Waals surface area contributed by atoms with Gasteiger partial charge < -0.3 is 10.3 Å². The normalized spacial score (nSPS) is 11.3. The Morgan fingerprint density at radius 2 is 2.03 bits per heavy atom. The van der Waals surface area contributed by atoms with Crippen LogP contribution in [0.2, 0.25) is 0 Å². The average Bonchev–Trinajstić information content (AvgIpc) is 3.41. The SMILES string of the molecule is CCCCC(=O)Nc1cncc(-c2ccc3[nH]nc(-c4nc5ncccc5[nH]4)c3c2)c1. The van der Waals surface area contributed by atoms with Crippen LogP contribution >= 0.6 is 0 Å². The van der Waals surface area contributed by atoms with Gasteiger partial charge in [0.25, 0.3) is 0 Å². The maximum atomic E-state index is 12.1. The largest absolute Gasteiger partial charge is 0.335 e. The lowest BCUT2D eigenvalue weighted by Crippen LogP contribution is -2.11. The molecule has 5 rings (SSSR count). The van der Waals surface area contributed by atoms with Crippen LogP contribution in [0, 0.1) is 0 Å². The van der Waals surface area contributed by atoms with Crippen LogP contribution in [-0.4, -0.2) is 36.0 Å². The summed E-state index contributed by atoms with van der Waals surface area (Å²) in [5.74, 6) is 0.666. The van der Waals surface area contributed by atoms with Gasteiger partial charge >= 0.3 is 0 Å². The Labute approximate surface area is 178 Å². The fourth-order valence-corrected chi connectivity index (χ4v) is 3.56. The molecule has 1 aromatic carbocycles. The number of nitrogens with zero attached hydrogens (tertiary/aromatic N) is 4. The number of amides is 1. The lowest BCUT2D eigenvalue weighted by atomic mass is 10.0. The van der Waals surface area contributed by atoms with E-state index in [1.165, 1.54) is 0 Å². The third-order valence-electron chi connectivity index (χ3n) is 5.16. The van der Waals surface area contributed by atoms with Crippen molar-refractivity contribution in [3.8, 4) is 22.6 Å². The van der Waals surface area contributed by atoms with E-state index in [1.54, 1.807) is 18.6 Å². The summed E-state index contributed by atoms with van der Waals surface area (Å²) in [7, 11) is 0. The van der Waals surface area contributed by atoms with E-state index in [0.717, 1.165) is 46.1 Å². The number of aromatic amines is 2. The molecule has 0 saturated carbocycles. The molecule has 31 heavy (non-hydrogen) atoms. The number of carbonyl (C=O) groups is 1. The lowest BCUT2D eigenvalue weighted by molar-refractivity contribution is -0.116. The van der Waals surface area contributed by atoms with Gasteiger partial charge in [0.15, 0.2) is 11.5 Å². The van der Waals surface area contributed by atoms with E-state index in [-0.39, 0.29) is 5.91 Å². The maximum absolute atomic E-state index is 12.1. The molecular weight excluding hydrogens is 390 g/mol. The van der Waals surface area contributed by atoms with Crippen LogP contribution in [0.15, 0.2) is 55.0 Å². The van der Waals surface area contributed by atoms with Gasteiger partial charge in [0.05, 0.1) is 22.9 Å². The first-order chi connectivity index (χ1) is 15.2. The van der Waals surface area contributed by atoms with E-state index in [1.807, 2.05) is 30.3 Å². The Kier molecular flexibility index (Phi) is 4.87. The second-order valence-corrected chi connectivity index (χ2v) is 7.41. The molecule has 0 bridgehead atoms. The second-order valence-electron chi connectivity index (χ2n) is 7.41. The summed E-state index contributed by atoms with van der Waals surface area (Å²) in [6.45, 7) is 2.07. The number of benzene rings is 1. The summed E-state index contributed by atoms with van der Waals surface area (Å²) >= 11 is 0. The number of pyridine rings is 2. The number of imidazole rings is 1. The highest BCUT2D eigenvalue weighted by Gasteiger charge is 2.14. The Morgan fingerprint density at radius 3 is 2.90 bits per heavy atom. The molecule has 8 heteroatoms. The van der Waals surface area contributed by atoms with Gasteiger partial charge in [-0.3, -0.25) is 14.9 Å². The Morgan fingerprint density at radius 1 is 1.10 bits per heavy atom. The third kappa shape index (κ3) is 3.75. The standard InChI is InChI=1S/C23H21N7O/c1-2-3-6-20(31)26-16-10-15(12-24-13-16)14-7-8-18-17(11-14)21(30-29-18)23-27-19-5-4-9-25-22(19)28-23/h4-5,7-13H,2-3,6H2,1H3,(H,26,31)(H,29,30)(H,25,27,28). The molecular formula is C23H21N7O. The van der Waals surface area contributed by atoms with E-state index in [9.17, 15) is 4.79 Å². The molecule has 0 atom stereocenters. The topological polar surface area (TPSA) is 112 Å². The Hall–Kier alpha value is -4.07. The van der Waals surface area contributed by atoms with Crippen LogP contribution in [0.4, 0.5) is 5.69 Å². The molecule has 0 aliphatic rings. The predicted octanol–water partition coefficient (Wildman–Crippen LogP) is 4.69. The van der Waals surface area contributed by atoms with E-state index in [2.05, 4.69) is 48.4 Å². The van der Waals surface area contributed by atoms with E-state index < -0.39 is 0 Å². The van der Waals surface area contributed by atoms with Crippen molar-refractivity contribution < 1.29 is 4.79 Å². The number of fused-ring (bicyclic) bond motifs is 2. The smallest absolute Gasteiger partial charge is 0.224 e. The van der Waals surface area contributed by atoms with E-state index >= 15 is 0 Å². The summed E-state index contributed by atoms with van der Waals surface area (Å²) in [5, 5.41) is 11.4. The van der Waals surface area contributed by atoms with Crippen molar-refractivity contribution in [2.24, 2.45) is 0 Å². The number of nitrogens with one attached hydrogen (secondary N) is 3. The third-order valence-corrected chi connectivity index (χ3v) is 5.16. The molecule has 0 saturated heterocycles. The fourth-order valence-electron chi connectivity index (χ4n) is 3.56. The molecule has 0 fully saturated rings. The minimum Gasteiger partial charge on any atom is -0.335 e. The van der Waals surface area contributed by atoms with Gasteiger partial charge in [-0.05, 0) is 42.3 Å². The molecule has 0 spiro atoms. The first-order valence-corrected chi connectivity index (χ1v) is 10.3. The highest BCUT2D eigenvalue weighted by atomic mass is 16.1. The van der Waals surface area contributed by atoms with Gasteiger partial charge in [0, 0.05) is 29.8 Å². The number of hydrogen-bond donors (Lipinski definition) is 3.